The molecule has 5 heterocycles. The van der Waals surface area contributed by atoms with E-state index in [2.05, 4.69) is 0 Å². The second-order valence-corrected chi connectivity index (χ2v) is 15.8. The first-order chi connectivity index (χ1) is 23.9. The van der Waals surface area contributed by atoms with Crippen molar-refractivity contribution >= 4 is 23.9 Å². The molecule has 0 aromatic carbocycles. The van der Waals surface area contributed by atoms with Crippen LogP contribution in [0.3, 0.4) is 0 Å². The number of hydrogen-bond donors (Lipinski definition) is 3. The Balaban J connectivity index is 1.42. The predicted molar refractivity (Wildman–Crippen MR) is 164 cm³/mol. The van der Waals surface area contributed by atoms with E-state index in [0.717, 1.165) is 7.11 Å². The standard InChI is InChI=1S/C35H44O16/c1-8-15(2)24(38)49-18-12-19(48-16(3)36)31(26(39)43-6)13-46-21-22(31)29(18,4)25-32(23(21)37)14-47-34(25,27(40)44-7)51-30(5)17-11-20(35(30,32)42)50-28-33(17,41)9-10-45-28/h8-10,17-23,25,28,37,41-42H,11-14H2,1-7H3/b15-8+/t17-,18+,19-,20+,21-,22?,23-,25-,28+,29+,30+,31+,32-,33+,34-,35+/m0/s1. The summed E-state index contributed by atoms with van der Waals surface area (Å²) in [5, 5.41) is 38.5. The van der Waals surface area contributed by atoms with Crippen LogP contribution in [0.2, 0.25) is 0 Å². The molecule has 7 fully saturated rings. The second kappa shape index (κ2) is 10.5. The van der Waals surface area contributed by atoms with E-state index in [1.807, 2.05) is 0 Å². The summed E-state index contributed by atoms with van der Waals surface area (Å²) in [6, 6.07) is 0. The van der Waals surface area contributed by atoms with Crippen LogP contribution in [0.15, 0.2) is 24.0 Å². The first-order valence-electron chi connectivity index (χ1n) is 17.2. The van der Waals surface area contributed by atoms with Crippen LogP contribution >= 0.6 is 0 Å². The minimum absolute atomic E-state index is 0.0251. The van der Waals surface area contributed by atoms with Crippen molar-refractivity contribution in [2.45, 2.75) is 107 Å². The lowest BCUT2D eigenvalue weighted by molar-refractivity contribution is -0.410. The van der Waals surface area contributed by atoms with Gasteiger partial charge in [-0.05, 0) is 33.3 Å². The lowest BCUT2D eigenvalue weighted by atomic mass is 9.35. The highest BCUT2D eigenvalue weighted by Crippen LogP contribution is 2.81. The lowest BCUT2D eigenvalue weighted by Gasteiger charge is -2.71. The summed E-state index contributed by atoms with van der Waals surface area (Å²) in [5.74, 6) is -9.30. The third-order valence-corrected chi connectivity index (χ3v) is 14.2. The zero-order chi connectivity index (χ0) is 36.9. The average molecular weight is 721 g/mol. The van der Waals surface area contributed by atoms with Crippen molar-refractivity contribution in [2.24, 2.45) is 34.0 Å². The van der Waals surface area contributed by atoms with Crippen molar-refractivity contribution < 1.29 is 77.1 Å². The Bertz CT molecular complexity index is 1660. The first-order valence-corrected chi connectivity index (χ1v) is 17.2. The Kier molecular flexibility index (Phi) is 7.20. The van der Waals surface area contributed by atoms with E-state index >= 15 is 0 Å². The van der Waals surface area contributed by atoms with Crippen LogP contribution in [-0.2, 0) is 61.8 Å². The summed E-state index contributed by atoms with van der Waals surface area (Å²) in [6.07, 6.45) is -3.94. The number of fused-ring (bicyclic) bond motifs is 7. The Morgan fingerprint density at radius 3 is 2.31 bits per heavy atom. The van der Waals surface area contributed by atoms with Crippen LogP contribution in [0, 0.1) is 34.0 Å². The zero-order valence-corrected chi connectivity index (χ0v) is 29.4. The summed E-state index contributed by atoms with van der Waals surface area (Å²) in [7, 11) is 2.30. The van der Waals surface area contributed by atoms with Gasteiger partial charge in [0.2, 0.25) is 6.29 Å². The molecule has 280 valence electrons. The van der Waals surface area contributed by atoms with E-state index in [-0.39, 0.29) is 25.0 Å². The number of hydrogen-bond acceptors (Lipinski definition) is 16. The largest absolute Gasteiger partial charge is 0.469 e. The molecule has 0 spiro atoms. The Hall–Kier alpha value is -3.12. The van der Waals surface area contributed by atoms with Gasteiger partial charge in [-0.1, -0.05) is 13.0 Å². The quantitative estimate of drug-likeness (QED) is 0.191. The van der Waals surface area contributed by atoms with Gasteiger partial charge in [0.25, 0.3) is 5.79 Å². The van der Waals surface area contributed by atoms with Gasteiger partial charge in [0.1, 0.15) is 28.8 Å². The Labute approximate surface area is 293 Å². The molecule has 8 aliphatic rings. The number of rotatable bonds is 5. The fourth-order valence-corrected chi connectivity index (χ4v) is 12.2. The van der Waals surface area contributed by atoms with E-state index in [4.69, 9.17) is 42.6 Å². The van der Waals surface area contributed by atoms with Crippen molar-refractivity contribution in [3.05, 3.63) is 24.0 Å². The summed E-state index contributed by atoms with van der Waals surface area (Å²) in [5.41, 5.74) is -11.0. The van der Waals surface area contributed by atoms with Gasteiger partial charge >= 0.3 is 23.9 Å². The average Bonchev–Trinajstić information content (AvgIpc) is 3.83. The van der Waals surface area contributed by atoms with Crippen LogP contribution in [0.5, 0.6) is 0 Å². The molecule has 4 bridgehead atoms. The van der Waals surface area contributed by atoms with Crippen LogP contribution < -0.4 is 0 Å². The van der Waals surface area contributed by atoms with Gasteiger partial charge in [0.15, 0.2) is 5.60 Å². The molecule has 0 aromatic rings. The molecule has 51 heavy (non-hydrogen) atoms. The van der Waals surface area contributed by atoms with Gasteiger partial charge < -0.3 is 58.0 Å². The molecule has 1 unspecified atom stereocenters. The number of methoxy groups -OCH3 is 2. The van der Waals surface area contributed by atoms with Crippen LogP contribution in [-0.4, -0.2) is 126 Å². The summed E-state index contributed by atoms with van der Waals surface area (Å²) in [4.78, 5) is 54.8. The van der Waals surface area contributed by atoms with E-state index in [1.165, 1.54) is 33.3 Å². The molecule has 3 N–H and O–H groups in total. The van der Waals surface area contributed by atoms with Crippen molar-refractivity contribution in [1.82, 2.24) is 0 Å². The minimum atomic E-state index is -2.41. The number of allylic oxidation sites excluding steroid dienone is 1. The molecular weight excluding hydrogens is 676 g/mol. The molecule has 3 saturated carbocycles. The number of aliphatic hydroxyl groups is 3. The van der Waals surface area contributed by atoms with Crippen LogP contribution in [0.25, 0.3) is 0 Å². The Morgan fingerprint density at radius 2 is 1.67 bits per heavy atom. The topological polar surface area (TPSA) is 212 Å². The monoisotopic (exact) mass is 720 g/mol. The number of aliphatic hydroxyl groups excluding tert-OH is 1. The maximum absolute atomic E-state index is 14.4. The van der Waals surface area contributed by atoms with Gasteiger partial charge in [0.05, 0.1) is 57.4 Å². The number of esters is 4. The van der Waals surface area contributed by atoms with Crippen LogP contribution in [0.1, 0.15) is 47.5 Å². The van der Waals surface area contributed by atoms with Gasteiger partial charge in [-0.2, -0.15) is 0 Å². The molecule has 16 heteroatoms. The van der Waals surface area contributed by atoms with E-state index in [1.54, 1.807) is 26.8 Å². The summed E-state index contributed by atoms with van der Waals surface area (Å²) >= 11 is 0. The van der Waals surface area contributed by atoms with Crippen molar-refractivity contribution in [3.63, 3.8) is 0 Å². The first kappa shape index (κ1) is 34.9. The highest BCUT2D eigenvalue weighted by Gasteiger charge is 2.96. The van der Waals surface area contributed by atoms with Gasteiger partial charge in [-0.25, -0.2) is 9.59 Å². The second-order valence-electron chi connectivity index (χ2n) is 15.8. The molecule has 16 atom stereocenters. The molecule has 0 amide bonds. The molecule has 8 rings (SSSR count). The van der Waals surface area contributed by atoms with E-state index in [0.29, 0.717) is 0 Å². The SMILES string of the molecule is C/C=C(\C)C(=O)O[C@@H]1C[C@H](OC(C)=O)[C@]2(C(=O)OC)CO[C@H]3C2[C@]1(C)[C@@H]1[C@]2(C(=O)OC)OC[C@@]1([C@H]3O)[C@@]1(O)[C@H]3C[C@H]([C@]4(O)C=CO[C@@H]4O3)[C@@]1(C)O2. The van der Waals surface area contributed by atoms with E-state index < -0.39 is 124 Å². The molecule has 5 aliphatic heterocycles. The number of carbonyl (C=O) groups is 4. The third-order valence-electron chi connectivity index (χ3n) is 14.2. The van der Waals surface area contributed by atoms with E-state index in [9.17, 15) is 34.5 Å². The Morgan fingerprint density at radius 1 is 0.961 bits per heavy atom. The molecular formula is C35H44O16. The number of ether oxygens (including phenoxy) is 9. The molecule has 4 saturated heterocycles. The number of carbonyl (C=O) groups excluding carboxylic acids is 4. The highest BCUT2D eigenvalue weighted by molar-refractivity contribution is 5.88. The van der Waals surface area contributed by atoms with Crippen LogP contribution in [0.4, 0.5) is 0 Å². The smallest absolute Gasteiger partial charge is 0.366 e. The van der Waals surface area contributed by atoms with Gasteiger partial charge in [0, 0.05) is 42.1 Å². The maximum Gasteiger partial charge on any atom is 0.366 e. The molecule has 3 aliphatic carbocycles. The van der Waals surface area contributed by atoms with Crippen molar-refractivity contribution in [3.8, 4) is 0 Å². The fourth-order valence-electron chi connectivity index (χ4n) is 12.2. The van der Waals surface area contributed by atoms with Gasteiger partial charge in [-0.3, -0.25) is 9.59 Å². The van der Waals surface area contributed by atoms with Crippen molar-refractivity contribution in [1.29, 1.82) is 0 Å². The van der Waals surface area contributed by atoms with Gasteiger partial charge in [-0.15, -0.1) is 0 Å². The normalized spacial score (nSPS) is 53.9. The highest BCUT2D eigenvalue weighted by atomic mass is 16.8. The van der Waals surface area contributed by atoms with Crippen molar-refractivity contribution in [2.75, 3.05) is 27.4 Å². The third kappa shape index (κ3) is 3.56. The fraction of sp³-hybridized carbons (Fsp3) is 0.771. The minimum Gasteiger partial charge on any atom is -0.469 e. The summed E-state index contributed by atoms with van der Waals surface area (Å²) in [6.45, 7) is 6.71. The molecule has 0 aromatic heterocycles. The lowest BCUT2D eigenvalue weighted by Crippen LogP contribution is -2.86. The zero-order valence-electron chi connectivity index (χ0n) is 29.4. The molecule has 0 radical (unpaired) electrons. The maximum atomic E-state index is 14.4. The molecule has 16 nitrogen and oxygen atoms in total. The predicted octanol–water partition coefficient (Wildman–Crippen LogP) is -0.203. The summed E-state index contributed by atoms with van der Waals surface area (Å²) < 4.78 is 54.5.